The lowest BCUT2D eigenvalue weighted by Crippen LogP contribution is -2.30. The minimum atomic E-state index is -4.95. The lowest BCUT2D eigenvalue weighted by atomic mass is 10.0. The molecule has 0 aliphatic rings. The predicted molar refractivity (Wildman–Crippen MR) is 321 cm³/mol. The molecule has 3 N–H and O–H groups in total. The van der Waals surface area contributed by atoms with Crippen molar-refractivity contribution in [1.29, 1.82) is 0 Å². The molecule has 0 amide bonds. The number of hydrogen-bond donors (Lipinski definition) is 3. The van der Waals surface area contributed by atoms with E-state index in [1.165, 1.54) is 83.5 Å². The first-order chi connectivity index (χ1) is 39.0. The molecule has 17 nitrogen and oxygen atoms in total. The third-order valence-electron chi connectivity index (χ3n) is 13.7. The van der Waals surface area contributed by atoms with Crippen LogP contribution in [0.4, 0.5) is 0 Å². The SMILES string of the molecule is CCCCCC/C=C\C=C/CCCCCCCC(=O)OC[C@H](COP(=O)(O)OC[C@@H](O)COP(=O)(O)OC[C@@H](COC(=O)CCCCCCC)OC(=O)CCCCCCC)OC(=O)CCCCCCCCCCCCCCCC(C)C. The van der Waals surface area contributed by atoms with Crippen LogP contribution in [0.1, 0.15) is 285 Å². The van der Waals surface area contributed by atoms with Crippen LogP contribution < -0.4 is 0 Å². The number of phosphoric acid groups is 2. The van der Waals surface area contributed by atoms with Crippen LogP contribution in [0.3, 0.4) is 0 Å². The van der Waals surface area contributed by atoms with Crippen molar-refractivity contribution in [3.63, 3.8) is 0 Å². The maximum atomic E-state index is 13.0. The largest absolute Gasteiger partial charge is 0.472 e. The van der Waals surface area contributed by atoms with Crippen LogP contribution in [0.25, 0.3) is 0 Å². The van der Waals surface area contributed by atoms with Crippen molar-refractivity contribution in [2.75, 3.05) is 39.6 Å². The summed E-state index contributed by atoms with van der Waals surface area (Å²) in [7, 11) is -9.87. The molecule has 0 aromatic rings. The van der Waals surface area contributed by atoms with E-state index in [4.69, 9.17) is 37.0 Å². The highest BCUT2D eigenvalue weighted by molar-refractivity contribution is 7.47. The quantitative estimate of drug-likeness (QED) is 0.0169. The number of aliphatic hydroxyl groups is 1. The average Bonchev–Trinajstić information content (AvgIpc) is 3.43. The van der Waals surface area contributed by atoms with Gasteiger partial charge in [-0.3, -0.25) is 37.3 Å². The van der Waals surface area contributed by atoms with Crippen molar-refractivity contribution >= 4 is 39.5 Å². The van der Waals surface area contributed by atoms with Crippen LogP contribution in [-0.4, -0.2) is 96.7 Å². The number of hydrogen-bond acceptors (Lipinski definition) is 15. The van der Waals surface area contributed by atoms with Gasteiger partial charge in [-0.25, -0.2) is 9.13 Å². The first-order valence-electron chi connectivity index (χ1n) is 32.0. The Labute approximate surface area is 491 Å². The molecule has 5 atom stereocenters. The number of carbonyl (C=O) groups excluding carboxylic acids is 4. The number of phosphoric ester groups is 2. The Morgan fingerprint density at radius 1 is 0.383 bits per heavy atom. The van der Waals surface area contributed by atoms with Crippen LogP contribution in [-0.2, 0) is 65.4 Å². The van der Waals surface area contributed by atoms with Gasteiger partial charge in [0.25, 0.3) is 0 Å². The molecule has 0 aromatic heterocycles. The fourth-order valence-corrected chi connectivity index (χ4v) is 10.3. The topological polar surface area (TPSA) is 237 Å². The van der Waals surface area contributed by atoms with E-state index in [2.05, 4.69) is 58.9 Å². The first kappa shape index (κ1) is 78.5. The maximum Gasteiger partial charge on any atom is 0.472 e. The third-order valence-corrected chi connectivity index (χ3v) is 15.6. The molecule has 0 aromatic carbocycles. The Kier molecular flexibility index (Phi) is 53.7. The molecule has 0 aliphatic heterocycles. The Bertz CT molecular complexity index is 1680. The van der Waals surface area contributed by atoms with Crippen LogP contribution in [0.15, 0.2) is 24.3 Å². The summed E-state index contributed by atoms with van der Waals surface area (Å²) in [6.07, 6.45) is 42.0. The second-order valence-corrected chi connectivity index (χ2v) is 25.1. The van der Waals surface area contributed by atoms with E-state index in [-0.39, 0.29) is 25.7 Å². The van der Waals surface area contributed by atoms with Crippen molar-refractivity contribution < 1.29 is 80.2 Å². The second-order valence-electron chi connectivity index (χ2n) is 22.2. The van der Waals surface area contributed by atoms with Gasteiger partial charge in [0.05, 0.1) is 26.4 Å². The molecule has 0 aliphatic carbocycles. The Balaban J connectivity index is 5.15. The van der Waals surface area contributed by atoms with E-state index in [1.807, 2.05) is 0 Å². The van der Waals surface area contributed by atoms with Crippen LogP contribution in [0.5, 0.6) is 0 Å². The van der Waals surface area contributed by atoms with Gasteiger partial charge < -0.3 is 33.8 Å². The van der Waals surface area contributed by atoms with E-state index in [1.54, 1.807) is 0 Å². The molecule has 0 rings (SSSR count). The summed E-state index contributed by atoms with van der Waals surface area (Å²) in [6, 6.07) is 0. The molecular formula is C62H116O17P2. The Morgan fingerprint density at radius 3 is 1.01 bits per heavy atom. The van der Waals surface area contributed by atoms with Crippen molar-refractivity contribution in [3.8, 4) is 0 Å². The maximum absolute atomic E-state index is 13.0. The van der Waals surface area contributed by atoms with Crippen molar-refractivity contribution in [3.05, 3.63) is 24.3 Å². The molecule has 0 bridgehead atoms. The number of esters is 4. The van der Waals surface area contributed by atoms with Gasteiger partial charge in [0.1, 0.15) is 19.3 Å². The summed E-state index contributed by atoms with van der Waals surface area (Å²) >= 11 is 0. The van der Waals surface area contributed by atoms with Gasteiger partial charge in [0, 0.05) is 25.7 Å². The summed E-state index contributed by atoms with van der Waals surface area (Å²) < 4.78 is 67.4. The molecule has 0 heterocycles. The first-order valence-corrected chi connectivity index (χ1v) is 34.9. The van der Waals surface area contributed by atoms with Crippen LogP contribution in [0, 0.1) is 5.92 Å². The number of unbranched alkanes of at least 4 members (excludes halogenated alkanes) is 29. The van der Waals surface area contributed by atoms with Crippen molar-refractivity contribution in [1.82, 2.24) is 0 Å². The van der Waals surface area contributed by atoms with Gasteiger partial charge in [-0.05, 0) is 57.3 Å². The Morgan fingerprint density at radius 2 is 0.667 bits per heavy atom. The lowest BCUT2D eigenvalue weighted by Gasteiger charge is -2.21. The molecular weight excluding hydrogens is 1080 g/mol. The zero-order valence-electron chi connectivity index (χ0n) is 51.4. The standard InChI is InChI=1S/C62H116O17P2/c1-6-9-12-15-16-17-18-19-20-23-26-29-32-37-41-46-60(65)73-52-58(79-62(67)48-43-38-33-30-27-24-21-22-25-28-31-36-39-44-55(4)5)54-77-81(70,71)75-50-56(63)49-74-80(68,69)76-53-57(78-61(66)47-42-35-14-11-8-3)51-72-59(64)45-40-34-13-10-7-2/h17-20,55-58,63H,6-16,21-54H2,1-5H3,(H,68,69)(H,70,71)/b18-17-,20-19-/t56-,57+,58+/m0/s1. The average molecular weight is 1200 g/mol. The van der Waals surface area contributed by atoms with E-state index in [0.29, 0.717) is 25.7 Å². The van der Waals surface area contributed by atoms with E-state index in [0.717, 1.165) is 121 Å². The minimum Gasteiger partial charge on any atom is -0.462 e. The molecule has 0 spiro atoms. The highest BCUT2D eigenvalue weighted by Crippen LogP contribution is 2.45. The highest BCUT2D eigenvalue weighted by Gasteiger charge is 2.30. The third kappa shape index (κ3) is 56.4. The molecule has 0 radical (unpaired) electrons. The van der Waals surface area contributed by atoms with Gasteiger partial charge in [0.15, 0.2) is 12.2 Å². The summed E-state index contributed by atoms with van der Waals surface area (Å²) in [5.41, 5.74) is 0. The van der Waals surface area contributed by atoms with Gasteiger partial charge >= 0.3 is 39.5 Å². The Hall–Kier alpha value is -2.46. The molecule has 2 unspecified atom stereocenters. The minimum absolute atomic E-state index is 0.0964. The predicted octanol–water partition coefficient (Wildman–Crippen LogP) is 16.6. The van der Waals surface area contributed by atoms with Crippen LogP contribution >= 0.6 is 15.6 Å². The normalized spacial score (nSPS) is 14.5. The summed E-state index contributed by atoms with van der Waals surface area (Å²) in [4.78, 5) is 71.6. The molecule has 0 saturated heterocycles. The number of rotatable bonds is 60. The fraction of sp³-hybridized carbons (Fsp3) is 0.871. The number of carbonyl (C=O) groups is 4. The number of aliphatic hydroxyl groups excluding tert-OH is 1. The molecule has 19 heteroatoms. The smallest absolute Gasteiger partial charge is 0.462 e. The molecule has 476 valence electrons. The zero-order chi connectivity index (χ0) is 59.9. The second kappa shape index (κ2) is 55.4. The van der Waals surface area contributed by atoms with Crippen molar-refractivity contribution in [2.24, 2.45) is 5.92 Å². The summed E-state index contributed by atoms with van der Waals surface area (Å²) in [6.45, 7) is 6.94. The molecule has 81 heavy (non-hydrogen) atoms. The van der Waals surface area contributed by atoms with Crippen molar-refractivity contribution in [2.45, 2.75) is 303 Å². The summed E-state index contributed by atoms with van der Waals surface area (Å²) in [5, 5.41) is 10.5. The van der Waals surface area contributed by atoms with E-state index < -0.39 is 97.5 Å². The lowest BCUT2D eigenvalue weighted by molar-refractivity contribution is -0.161. The zero-order valence-corrected chi connectivity index (χ0v) is 53.2. The van der Waals surface area contributed by atoms with Gasteiger partial charge in [-0.1, -0.05) is 232 Å². The van der Waals surface area contributed by atoms with Gasteiger partial charge in [-0.2, -0.15) is 0 Å². The van der Waals surface area contributed by atoms with E-state index in [9.17, 15) is 43.2 Å². The molecule has 0 fully saturated rings. The van der Waals surface area contributed by atoms with Gasteiger partial charge in [-0.15, -0.1) is 0 Å². The summed E-state index contributed by atoms with van der Waals surface area (Å²) in [5.74, 6) is -1.40. The van der Waals surface area contributed by atoms with E-state index >= 15 is 0 Å². The number of allylic oxidation sites excluding steroid dienone is 4. The number of ether oxygens (including phenoxy) is 4. The van der Waals surface area contributed by atoms with Crippen LogP contribution in [0.2, 0.25) is 0 Å². The van der Waals surface area contributed by atoms with Gasteiger partial charge in [0.2, 0.25) is 0 Å². The monoisotopic (exact) mass is 1190 g/mol. The molecule has 0 saturated carbocycles. The fourth-order valence-electron chi connectivity index (χ4n) is 8.69. The highest BCUT2D eigenvalue weighted by atomic mass is 31.2.